The first-order valence-corrected chi connectivity index (χ1v) is 8.21. The van der Waals surface area contributed by atoms with Crippen molar-refractivity contribution in [1.82, 2.24) is 10.2 Å². The third kappa shape index (κ3) is 3.90. The first-order valence-electron chi connectivity index (χ1n) is 7.41. The van der Waals surface area contributed by atoms with Gasteiger partial charge in [0.2, 0.25) is 5.91 Å². The average Bonchev–Trinajstić information content (AvgIpc) is 2.64. The van der Waals surface area contributed by atoms with Crippen molar-refractivity contribution < 1.29 is 14.4 Å². The molecule has 4 amide bonds. The monoisotopic (exact) mass is 381 g/mol. The Balaban J connectivity index is 2.05. The van der Waals surface area contributed by atoms with Gasteiger partial charge in [0.25, 0.3) is 5.91 Å². The Kier molecular flexibility index (Phi) is 5.09. The number of para-hydroxylation sites is 1. The number of nitrogens with zero attached hydrogens (tertiary/aromatic N) is 1. The summed E-state index contributed by atoms with van der Waals surface area (Å²) in [5.41, 5.74) is -0.353. The standard InChI is InChI=1S/C16H20BrN3O3/c1-10(2)8-16(3)14(22)20(15(23)19-16)9-13(21)18-12-7-5-4-6-11(12)17/h4-7,10H,8-9H2,1-3H3,(H,18,21)(H,19,23)/t16-/m0/s1. The van der Waals surface area contributed by atoms with Crippen molar-refractivity contribution in [1.29, 1.82) is 0 Å². The molecule has 124 valence electrons. The van der Waals surface area contributed by atoms with E-state index in [0.717, 1.165) is 9.37 Å². The molecule has 6 nitrogen and oxygen atoms in total. The van der Waals surface area contributed by atoms with Gasteiger partial charge in [0.1, 0.15) is 12.1 Å². The molecule has 0 radical (unpaired) electrons. The highest BCUT2D eigenvalue weighted by Crippen LogP contribution is 2.25. The van der Waals surface area contributed by atoms with Crippen LogP contribution in [0.2, 0.25) is 0 Å². The SMILES string of the molecule is CC(C)C[C@]1(C)NC(=O)N(CC(=O)Nc2ccccc2Br)C1=O. The van der Waals surface area contributed by atoms with E-state index in [9.17, 15) is 14.4 Å². The van der Waals surface area contributed by atoms with Crippen LogP contribution in [0.25, 0.3) is 0 Å². The maximum absolute atomic E-state index is 12.5. The molecule has 2 N–H and O–H groups in total. The van der Waals surface area contributed by atoms with Crippen molar-refractivity contribution >= 4 is 39.5 Å². The van der Waals surface area contributed by atoms with Gasteiger partial charge in [0.05, 0.1) is 5.69 Å². The van der Waals surface area contributed by atoms with Gasteiger partial charge in [-0.3, -0.25) is 14.5 Å². The van der Waals surface area contributed by atoms with Gasteiger partial charge in [-0.1, -0.05) is 26.0 Å². The molecule has 0 unspecified atom stereocenters. The fourth-order valence-electron chi connectivity index (χ4n) is 2.74. The molecule has 1 saturated heterocycles. The highest BCUT2D eigenvalue weighted by molar-refractivity contribution is 9.10. The minimum absolute atomic E-state index is 0.248. The van der Waals surface area contributed by atoms with E-state index in [0.29, 0.717) is 12.1 Å². The summed E-state index contributed by atoms with van der Waals surface area (Å²) in [5.74, 6) is -0.536. The second kappa shape index (κ2) is 6.70. The second-order valence-electron chi connectivity index (χ2n) is 6.28. The van der Waals surface area contributed by atoms with Gasteiger partial charge < -0.3 is 10.6 Å². The number of anilines is 1. The van der Waals surface area contributed by atoms with Crippen LogP contribution in [0, 0.1) is 5.92 Å². The number of halogens is 1. The molecule has 1 aliphatic heterocycles. The summed E-state index contributed by atoms with van der Waals surface area (Å²) in [5, 5.41) is 5.38. The lowest BCUT2D eigenvalue weighted by molar-refractivity contribution is -0.133. The van der Waals surface area contributed by atoms with E-state index in [1.54, 1.807) is 25.1 Å². The van der Waals surface area contributed by atoms with Gasteiger partial charge in [-0.05, 0) is 47.3 Å². The Morgan fingerprint density at radius 3 is 2.61 bits per heavy atom. The molecule has 23 heavy (non-hydrogen) atoms. The van der Waals surface area contributed by atoms with Crippen molar-refractivity contribution in [2.24, 2.45) is 5.92 Å². The Bertz CT molecular complexity index is 647. The number of hydrogen-bond acceptors (Lipinski definition) is 3. The third-order valence-corrected chi connectivity index (χ3v) is 4.30. The number of benzene rings is 1. The number of hydrogen-bond donors (Lipinski definition) is 2. The van der Waals surface area contributed by atoms with E-state index in [-0.39, 0.29) is 18.4 Å². The van der Waals surface area contributed by atoms with E-state index in [1.807, 2.05) is 19.9 Å². The lowest BCUT2D eigenvalue weighted by atomic mass is 9.91. The molecule has 1 aromatic carbocycles. The molecule has 2 rings (SSSR count). The largest absolute Gasteiger partial charge is 0.325 e. The van der Waals surface area contributed by atoms with E-state index in [1.165, 1.54) is 0 Å². The molecule has 0 spiro atoms. The zero-order valence-electron chi connectivity index (χ0n) is 13.4. The molecule has 1 atom stereocenters. The first kappa shape index (κ1) is 17.5. The number of imide groups is 1. The van der Waals surface area contributed by atoms with Crippen LogP contribution in [-0.2, 0) is 9.59 Å². The molecule has 1 heterocycles. The fourth-order valence-corrected chi connectivity index (χ4v) is 3.13. The number of rotatable bonds is 5. The zero-order chi connectivity index (χ0) is 17.2. The molecule has 7 heteroatoms. The summed E-state index contributed by atoms with van der Waals surface area (Å²) >= 11 is 3.33. The smallest absolute Gasteiger partial charge is 0.324 e. The molecule has 0 bridgehead atoms. The van der Waals surface area contributed by atoms with E-state index in [2.05, 4.69) is 26.6 Å². The van der Waals surface area contributed by atoms with Gasteiger partial charge in [0, 0.05) is 4.47 Å². The van der Waals surface area contributed by atoms with Crippen molar-refractivity contribution in [3.8, 4) is 0 Å². The minimum atomic E-state index is -0.946. The molecular weight excluding hydrogens is 362 g/mol. The highest BCUT2D eigenvalue weighted by Gasteiger charge is 2.48. The van der Waals surface area contributed by atoms with E-state index < -0.39 is 17.5 Å². The normalized spacial score (nSPS) is 20.8. The van der Waals surface area contributed by atoms with Crippen LogP contribution in [0.3, 0.4) is 0 Å². The van der Waals surface area contributed by atoms with Crippen LogP contribution < -0.4 is 10.6 Å². The minimum Gasteiger partial charge on any atom is -0.324 e. The van der Waals surface area contributed by atoms with Crippen LogP contribution >= 0.6 is 15.9 Å². The predicted molar refractivity (Wildman–Crippen MR) is 90.9 cm³/mol. The van der Waals surface area contributed by atoms with Gasteiger partial charge in [-0.2, -0.15) is 0 Å². The molecule has 1 aromatic rings. The second-order valence-corrected chi connectivity index (χ2v) is 7.13. The average molecular weight is 382 g/mol. The maximum Gasteiger partial charge on any atom is 0.325 e. The Labute approximate surface area is 143 Å². The molecule has 1 fully saturated rings. The zero-order valence-corrected chi connectivity index (χ0v) is 14.9. The van der Waals surface area contributed by atoms with Crippen LogP contribution in [0.5, 0.6) is 0 Å². The van der Waals surface area contributed by atoms with Gasteiger partial charge in [-0.15, -0.1) is 0 Å². The summed E-state index contributed by atoms with van der Waals surface area (Å²) in [6.45, 7) is 5.35. The summed E-state index contributed by atoms with van der Waals surface area (Å²) in [7, 11) is 0. The molecule has 1 aliphatic rings. The summed E-state index contributed by atoms with van der Waals surface area (Å²) in [4.78, 5) is 37.6. The fraction of sp³-hybridized carbons (Fsp3) is 0.438. The van der Waals surface area contributed by atoms with Crippen LogP contribution in [0.1, 0.15) is 27.2 Å². The lowest BCUT2D eigenvalue weighted by Gasteiger charge is -2.23. The molecule has 0 aliphatic carbocycles. The lowest BCUT2D eigenvalue weighted by Crippen LogP contribution is -2.45. The first-order chi connectivity index (χ1) is 10.7. The van der Waals surface area contributed by atoms with Crippen molar-refractivity contribution in [2.45, 2.75) is 32.7 Å². The van der Waals surface area contributed by atoms with Crippen molar-refractivity contribution in [3.05, 3.63) is 28.7 Å². The Hall–Kier alpha value is -1.89. The molecular formula is C16H20BrN3O3. The maximum atomic E-state index is 12.5. The summed E-state index contributed by atoms with van der Waals surface area (Å²) in [6, 6.07) is 6.61. The van der Waals surface area contributed by atoms with Gasteiger partial charge >= 0.3 is 6.03 Å². The Morgan fingerprint density at radius 1 is 1.35 bits per heavy atom. The predicted octanol–water partition coefficient (Wildman–Crippen LogP) is 2.74. The van der Waals surface area contributed by atoms with E-state index >= 15 is 0 Å². The Morgan fingerprint density at radius 2 is 2.00 bits per heavy atom. The van der Waals surface area contributed by atoms with Gasteiger partial charge in [-0.25, -0.2) is 4.79 Å². The number of carbonyl (C=O) groups excluding carboxylic acids is 3. The molecule has 0 aromatic heterocycles. The quantitative estimate of drug-likeness (QED) is 0.769. The molecule has 0 saturated carbocycles. The number of amides is 4. The van der Waals surface area contributed by atoms with Crippen LogP contribution in [-0.4, -0.2) is 34.8 Å². The highest BCUT2D eigenvalue weighted by atomic mass is 79.9. The number of carbonyl (C=O) groups is 3. The summed E-state index contributed by atoms with van der Waals surface area (Å²) < 4.78 is 0.732. The topological polar surface area (TPSA) is 78.5 Å². The number of nitrogens with one attached hydrogen (secondary N) is 2. The third-order valence-electron chi connectivity index (χ3n) is 3.61. The van der Waals surface area contributed by atoms with Crippen LogP contribution in [0.15, 0.2) is 28.7 Å². The van der Waals surface area contributed by atoms with Gasteiger partial charge in [0.15, 0.2) is 0 Å². The number of urea groups is 1. The van der Waals surface area contributed by atoms with Crippen molar-refractivity contribution in [2.75, 3.05) is 11.9 Å². The van der Waals surface area contributed by atoms with Crippen LogP contribution in [0.4, 0.5) is 10.5 Å². The van der Waals surface area contributed by atoms with Crippen molar-refractivity contribution in [3.63, 3.8) is 0 Å². The van der Waals surface area contributed by atoms with E-state index in [4.69, 9.17) is 0 Å². The summed E-state index contributed by atoms with van der Waals surface area (Å²) in [6.07, 6.45) is 0.528.